The molecule has 0 amide bonds. The van der Waals surface area contributed by atoms with Gasteiger partial charge in [-0.3, -0.25) is 4.79 Å². The second-order valence-electron chi connectivity index (χ2n) is 2.39. The molecule has 0 aliphatic carbocycles. The van der Waals surface area contributed by atoms with Crippen molar-refractivity contribution in [3.05, 3.63) is 0 Å². The van der Waals surface area contributed by atoms with Gasteiger partial charge >= 0.3 is 0 Å². The Morgan fingerprint density at radius 2 is 1.92 bits per heavy atom. The number of aliphatic hydroxyl groups excluding tert-OH is 1. The van der Waals surface area contributed by atoms with Crippen LogP contribution in [0.25, 0.3) is 0 Å². The topological polar surface area (TPSA) is 138 Å². The molecular weight excluding hydrogens is 203 g/mol. The smallest absolute Gasteiger partial charge is 0.180 e. The van der Waals surface area contributed by atoms with Crippen LogP contribution >= 0.6 is 7.60 Å². The molecule has 0 saturated heterocycles. The fourth-order valence-electron chi connectivity index (χ4n) is 0.628. The zero-order valence-electron chi connectivity index (χ0n) is 6.37. The Hall–Kier alpha value is -0.750. The van der Waals surface area contributed by atoms with Crippen LogP contribution in [-0.2, 0) is 14.2 Å². The highest BCUT2D eigenvalue weighted by atomic mass is 31.2. The molecule has 8 heteroatoms. The SMILES string of the molecule is O=C([O-])C(=O)CC(O)CP(=O)([O-])O. The number of hydrogen-bond acceptors (Lipinski definition) is 6. The summed E-state index contributed by atoms with van der Waals surface area (Å²) >= 11 is 0. The Bertz CT molecular complexity index is 254. The van der Waals surface area contributed by atoms with Crippen molar-refractivity contribution in [3.63, 3.8) is 0 Å². The van der Waals surface area contributed by atoms with Gasteiger partial charge in [0, 0.05) is 12.6 Å². The van der Waals surface area contributed by atoms with E-state index in [1.165, 1.54) is 0 Å². The summed E-state index contributed by atoms with van der Waals surface area (Å²) in [5.41, 5.74) is 0. The highest BCUT2D eigenvalue weighted by Crippen LogP contribution is 2.30. The minimum Gasteiger partial charge on any atom is -0.779 e. The van der Waals surface area contributed by atoms with Crippen LogP contribution in [0.3, 0.4) is 0 Å². The van der Waals surface area contributed by atoms with E-state index in [0.717, 1.165) is 0 Å². The van der Waals surface area contributed by atoms with Gasteiger partial charge in [0.2, 0.25) is 0 Å². The van der Waals surface area contributed by atoms with Crippen molar-refractivity contribution in [3.8, 4) is 0 Å². The van der Waals surface area contributed by atoms with Gasteiger partial charge in [-0.25, -0.2) is 0 Å². The molecule has 13 heavy (non-hydrogen) atoms. The van der Waals surface area contributed by atoms with Crippen molar-refractivity contribution >= 4 is 19.3 Å². The van der Waals surface area contributed by atoms with E-state index in [0.29, 0.717) is 0 Å². The monoisotopic (exact) mass is 210 g/mol. The lowest BCUT2D eigenvalue weighted by atomic mass is 10.2. The third-order valence-electron chi connectivity index (χ3n) is 1.09. The molecule has 2 atom stereocenters. The number of aliphatic hydroxyl groups is 1. The van der Waals surface area contributed by atoms with E-state index < -0.39 is 38.0 Å². The molecule has 76 valence electrons. The molecule has 0 aromatic heterocycles. The van der Waals surface area contributed by atoms with E-state index in [2.05, 4.69) is 0 Å². The first-order chi connectivity index (χ1) is 5.72. The predicted molar refractivity (Wildman–Crippen MR) is 35.3 cm³/mol. The van der Waals surface area contributed by atoms with Gasteiger partial charge in [-0.1, -0.05) is 0 Å². The van der Waals surface area contributed by atoms with Gasteiger partial charge in [-0.2, -0.15) is 0 Å². The standard InChI is InChI=1S/C5H9O7P/c6-3(2-13(10,11)12)1-4(7)5(8)9/h3,6H,1-2H2,(H,8,9)(H2,10,11,12)/p-2. The lowest BCUT2D eigenvalue weighted by Gasteiger charge is -2.18. The average Bonchev–Trinajstić information content (AvgIpc) is 1.81. The number of carboxylic acids is 1. The van der Waals surface area contributed by atoms with Gasteiger partial charge in [0.25, 0.3) is 0 Å². The normalized spacial score (nSPS) is 17.5. The van der Waals surface area contributed by atoms with Crippen LogP contribution in [0.1, 0.15) is 6.42 Å². The lowest BCUT2D eigenvalue weighted by molar-refractivity contribution is -0.300. The maximum atomic E-state index is 10.3. The summed E-state index contributed by atoms with van der Waals surface area (Å²) in [4.78, 5) is 38.5. The predicted octanol–water partition coefficient (Wildman–Crippen LogP) is -3.40. The second kappa shape index (κ2) is 4.48. The van der Waals surface area contributed by atoms with Gasteiger partial charge in [0.1, 0.15) is 13.6 Å². The number of carbonyl (C=O) groups excluding carboxylic acids is 2. The fourth-order valence-corrected chi connectivity index (χ4v) is 1.29. The quantitative estimate of drug-likeness (QED) is 0.356. The van der Waals surface area contributed by atoms with E-state index in [4.69, 9.17) is 10.00 Å². The van der Waals surface area contributed by atoms with Crippen molar-refractivity contribution in [2.45, 2.75) is 12.5 Å². The molecule has 0 fully saturated rings. The average molecular weight is 210 g/mol. The van der Waals surface area contributed by atoms with Crippen LogP contribution < -0.4 is 10.00 Å². The molecule has 0 rings (SSSR count). The molecule has 2 N–H and O–H groups in total. The number of carboxylic acid groups (broad SMARTS) is 1. The summed E-state index contributed by atoms with van der Waals surface area (Å²) in [5, 5.41) is 18.6. The van der Waals surface area contributed by atoms with Gasteiger partial charge < -0.3 is 29.4 Å². The summed E-state index contributed by atoms with van der Waals surface area (Å²) in [6.45, 7) is 0. The molecule has 0 aliphatic rings. The Kier molecular flexibility index (Phi) is 4.22. The van der Waals surface area contributed by atoms with Crippen molar-refractivity contribution in [2.24, 2.45) is 0 Å². The van der Waals surface area contributed by atoms with Crippen molar-refractivity contribution < 1.29 is 34.2 Å². The Balaban J connectivity index is 4.03. The summed E-state index contributed by atoms with van der Waals surface area (Å²) < 4.78 is 10.1. The largest absolute Gasteiger partial charge is 0.779 e. The molecule has 2 unspecified atom stereocenters. The molecule has 0 spiro atoms. The lowest BCUT2D eigenvalue weighted by Crippen LogP contribution is -2.34. The van der Waals surface area contributed by atoms with Crippen molar-refractivity contribution in [2.75, 3.05) is 6.16 Å². The van der Waals surface area contributed by atoms with Gasteiger partial charge in [-0.05, 0) is 0 Å². The third kappa shape index (κ3) is 6.41. The number of hydrogen-bond donors (Lipinski definition) is 2. The highest BCUT2D eigenvalue weighted by molar-refractivity contribution is 7.50. The molecule has 7 nitrogen and oxygen atoms in total. The van der Waals surface area contributed by atoms with E-state index in [1.54, 1.807) is 0 Å². The number of rotatable bonds is 5. The van der Waals surface area contributed by atoms with Crippen LogP contribution in [0.5, 0.6) is 0 Å². The van der Waals surface area contributed by atoms with E-state index in [9.17, 15) is 24.2 Å². The van der Waals surface area contributed by atoms with Gasteiger partial charge in [0.15, 0.2) is 5.78 Å². The van der Waals surface area contributed by atoms with Crippen LogP contribution in [0.2, 0.25) is 0 Å². The van der Waals surface area contributed by atoms with Gasteiger partial charge in [0.05, 0.1) is 6.10 Å². The van der Waals surface area contributed by atoms with Crippen molar-refractivity contribution in [1.29, 1.82) is 0 Å². The number of aliphatic carboxylic acids is 1. The van der Waals surface area contributed by atoms with Crippen LogP contribution in [0.4, 0.5) is 0 Å². The molecule has 0 saturated carbocycles. The van der Waals surface area contributed by atoms with Crippen LogP contribution in [0, 0.1) is 0 Å². The molecule has 0 heterocycles. The fraction of sp³-hybridized carbons (Fsp3) is 0.600. The van der Waals surface area contributed by atoms with Crippen LogP contribution in [0.15, 0.2) is 0 Å². The Morgan fingerprint density at radius 1 is 1.46 bits per heavy atom. The summed E-state index contributed by atoms with van der Waals surface area (Å²) in [7, 11) is -4.67. The summed E-state index contributed by atoms with van der Waals surface area (Å²) in [6.07, 6.45) is -3.67. The van der Waals surface area contributed by atoms with E-state index in [-0.39, 0.29) is 0 Å². The second-order valence-corrected chi connectivity index (χ2v) is 4.03. The maximum absolute atomic E-state index is 10.3. The maximum Gasteiger partial charge on any atom is 0.180 e. The summed E-state index contributed by atoms with van der Waals surface area (Å²) in [6, 6.07) is 0. The first-order valence-electron chi connectivity index (χ1n) is 3.17. The number of ketones is 1. The zero-order valence-corrected chi connectivity index (χ0v) is 7.27. The summed E-state index contributed by atoms with van der Waals surface area (Å²) in [5.74, 6) is -3.42. The molecule has 0 aliphatic heterocycles. The molecule has 0 radical (unpaired) electrons. The Labute approximate surface area is 73.2 Å². The molecule has 0 aromatic carbocycles. The first kappa shape index (κ1) is 12.2. The molecular formula is C5H7O7P-2. The molecule has 0 aromatic rings. The number of carbonyl (C=O) groups is 2. The third-order valence-corrected chi connectivity index (χ3v) is 1.97. The van der Waals surface area contributed by atoms with E-state index >= 15 is 0 Å². The van der Waals surface area contributed by atoms with Crippen molar-refractivity contribution in [1.82, 2.24) is 0 Å². The first-order valence-corrected chi connectivity index (χ1v) is 4.93. The minimum absolute atomic E-state index is 0.894. The number of Topliss-reactive ketones (excluding diaryl/α,β-unsaturated/α-hetero) is 1. The zero-order chi connectivity index (χ0) is 10.6. The van der Waals surface area contributed by atoms with Gasteiger partial charge in [-0.15, -0.1) is 0 Å². The molecule has 0 bridgehead atoms. The van der Waals surface area contributed by atoms with Crippen LogP contribution in [-0.4, -0.2) is 34.0 Å². The van der Waals surface area contributed by atoms with E-state index in [1.807, 2.05) is 0 Å². The Morgan fingerprint density at radius 3 is 2.23 bits per heavy atom. The highest BCUT2D eigenvalue weighted by Gasteiger charge is 2.16. The minimum atomic E-state index is -4.67.